The van der Waals surface area contributed by atoms with Gasteiger partial charge in [-0.05, 0) is 24.3 Å². The summed E-state index contributed by atoms with van der Waals surface area (Å²) in [6.07, 6.45) is 1.29. The van der Waals surface area contributed by atoms with Gasteiger partial charge in [0.2, 0.25) is 10.0 Å². The molecule has 0 aliphatic carbocycles. The van der Waals surface area contributed by atoms with E-state index < -0.39 is 10.0 Å². The Labute approximate surface area is 116 Å². The number of sulfonamides is 1. The predicted octanol–water partition coefficient (Wildman–Crippen LogP) is 1.52. The molecule has 1 aromatic carbocycles. The summed E-state index contributed by atoms with van der Waals surface area (Å²) in [5, 5.41) is 0. The highest BCUT2D eigenvalue weighted by Gasteiger charge is 2.17. The molecule has 1 atom stereocenters. The van der Waals surface area contributed by atoms with Crippen LogP contribution in [0.25, 0.3) is 0 Å². The third-order valence-corrected chi connectivity index (χ3v) is 4.32. The van der Waals surface area contributed by atoms with Crippen molar-refractivity contribution in [3.8, 4) is 0 Å². The summed E-state index contributed by atoms with van der Waals surface area (Å²) in [7, 11) is -3.27. The molecular formula is C14H24N2O2S. The summed E-state index contributed by atoms with van der Waals surface area (Å²) in [5.41, 5.74) is 6.64. The van der Waals surface area contributed by atoms with Gasteiger partial charge in [-0.15, -0.1) is 0 Å². The summed E-state index contributed by atoms with van der Waals surface area (Å²) < 4.78 is 26.7. The van der Waals surface area contributed by atoms with Crippen LogP contribution in [0, 0.1) is 5.92 Å². The zero-order chi connectivity index (χ0) is 14.3. The van der Waals surface area contributed by atoms with E-state index >= 15 is 0 Å². The molecule has 0 radical (unpaired) electrons. The summed E-state index contributed by atoms with van der Waals surface area (Å²) in [6, 6.07) is 9.45. The fourth-order valence-electron chi connectivity index (χ4n) is 1.97. The lowest BCUT2D eigenvalue weighted by atomic mass is 10.1. The number of nitrogens with one attached hydrogen (secondary N) is 1. The van der Waals surface area contributed by atoms with E-state index in [-0.39, 0.29) is 11.8 Å². The Morgan fingerprint density at radius 1 is 1.21 bits per heavy atom. The number of rotatable bonds is 8. The zero-order valence-corrected chi connectivity index (χ0v) is 12.5. The minimum atomic E-state index is -3.27. The van der Waals surface area contributed by atoms with E-state index in [1.165, 1.54) is 0 Å². The molecule has 4 nitrogen and oxygen atoms in total. The highest BCUT2D eigenvalue weighted by Crippen LogP contribution is 2.06. The first-order valence-corrected chi connectivity index (χ1v) is 8.32. The highest BCUT2D eigenvalue weighted by molar-refractivity contribution is 7.89. The molecule has 3 N–H and O–H groups in total. The van der Waals surface area contributed by atoms with Crippen LogP contribution in [-0.4, -0.2) is 26.8 Å². The van der Waals surface area contributed by atoms with Crippen LogP contribution in [0.4, 0.5) is 0 Å². The van der Waals surface area contributed by atoms with Crippen LogP contribution < -0.4 is 10.5 Å². The van der Waals surface area contributed by atoms with Crippen molar-refractivity contribution in [3.05, 3.63) is 35.9 Å². The monoisotopic (exact) mass is 284 g/mol. The Balaban J connectivity index is 2.51. The van der Waals surface area contributed by atoms with Crippen LogP contribution >= 0.6 is 0 Å². The smallest absolute Gasteiger partial charge is 0.212 e. The van der Waals surface area contributed by atoms with E-state index in [0.29, 0.717) is 18.9 Å². The third-order valence-electron chi connectivity index (χ3n) is 2.89. The molecule has 0 amide bonds. The standard InChI is InChI=1S/C14H24N2O2S/c1-12(2)10-14(11-15)16-19(17,18)9-8-13-6-4-3-5-7-13/h3-7,12,14,16H,8-11,15H2,1-2H3. The molecule has 0 aromatic heterocycles. The molecule has 1 rings (SSSR count). The minimum absolute atomic E-state index is 0.103. The van der Waals surface area contributed by atoms with Gasteiger partial charge in [0.1, 0.15) is 0 Å². The van der Waals surface area contributed by atoms with Crippen molar-refractivity contribution in [2.24, 2.45) is 11.7 Å². The van der Waals surface area contributed by atoms with Crippen molar-refractivity contribution < 1.29 is 8.42 Å². The Morgan fingerprint density at radius 3 is 2.37 bits per heavy atom. The van der Waals surface area contributed by atoms with Crippen molar-refractivity contribution >= 4 is 10.0 Å². The molecule has 0 aliphatic heterocycles. The van der Waals surface area contributed by atoms with Crippen LogP contribution in [0.3, 0.4) is 0 Å². The molecule has 0 spiro atoms. The summed E-state index contributed by atoms with van der Waals surface area (Å²) in [4.78, 5) is 0. The largest absolute Gasteiger partial charge is 0.329 e. The molecule has 0 aliphatic rings. The first kappa shape index (κ1) is 16.1. The fourth-order valence-corrected chi connectivity index (χ4v) is 3.29. The molecule has 0 fully saturated rings. The Hall–Kier alpha value is -0.910. The van der Waals surface area contributed by atoms with Crippen LogP contribution in [0.1, 0.15) is 25.8 Å². The molecule has 0 saturated heterocycles. The Morgan fingerprint density at radius 2 is 1.84 bits per heavy atom. The fraction of sp³-hybridized carbons (Fsp3) is 0.571. The minimum Gasteiger partial charge on any atom is -0.329 e. The first-order chi connectivity index (χ1) is 8.93. The molecule has 0 bridgehead atoms. The van der Waals surface area contributed by atoms with E-state index in [0.717, 1.165) is 12.0 Å². The lowest BCUT2D eigenvalue weighted by Crippen LogP contribution is -2.42. The number of hydrogen-bond donors (Lipinski definition) is 2. The van der Waals surface area contributed by atoms with Gasteiger partial charge in [0.25, 0.3) is 0 Å². The van der Waals surface area contributed by atoms with Crippen LogP contribution in [-0.2, 0) is 16.4 Å². The van der Waals surface area contributed by atoms with Crippen LogP contribution in [0.2, 0.25) is 0 Å². The third kappa shape index (κ3) is 6.71. The van der Waals surface area contributed by atoms with Crippen molar-refractivity contribution in [1.29, 1.82) is 0 Å². The van der Waals surface area contributed by atoms with Gasteiger partial charge in [0.05, 0.1) is 5.75 Å². The molecule has 19 heavy (non-hydrogen) atoms. The number of benzene rings is 1. The number of hydrogen-bond acceptors (Lipinski definition) is 3. The molecule has 0 saturated carbocycles. The average molecular weight is 284 g/mol. The molecular weight excluding hydrogens is 260 g/mol. The van der Waals surface area contributed by atoms with Gasteiger partial charge in [0.15, 0.2) is 0 Å². The second kappa shape index (κ2) is 7.62. The topological polar surface area (TPSA) is 72.2 Å². The van der Waals surface area contributed by atoms with Crippen molar-refractivity contribution in [3.63, 3.8) is 0 Å². The number of nitrogens with two attached hydrogens (primary N) is 1. The van der Waals surface area contributed by atoms with Gasteiger partial charge >= 0.3 is 0 Å². The summed E-state index contributed by atoms with van der Waals surface area (Å²) in [6.45, 7) is 4.45. The molecule has 5 heteroatoms. The summed E-state index contributed by atoms with van der Waals surface area (Å²) >= 11 is 0. The van der Waals surface area contributed by atoms with E-state index in [4.69, 9.17) is 5.73 Å². The molecule has 108 valence electrons. The Kier molecular flexibility index (Phi) is 6.48. The van der Waals surface area contributed by atoms with Gasteiger partial charge in [-0.25, -0.2) is 13.1 Å². The maximum absolute atomic E-state index is 12.0. The van der Waals surface area contributed by atoms with Crippen LogP contribution in [0.15, 0.2) is 30.3 Å². The van der Waals surface area contributed by atoms with Crippen molar-refractivity contribution in [2.75, 3.05) is 12.3 Å². The van der Waals surface area contributed by atoms with Crippen LogP contribution in [0.5, 0.6) is 0 Å². The lowest BCUT2D eigenvalue weighted by Gasteiger charge is -2.18. The van der Waals surface area contributed by atoms with E-state index in [1.54, 1.807) is 0 Å². The van der Waals surface area contributed by atoms with E-state index in [9.17, 15) is 8.42 Å². The van der Waals surface area contributed by atoms with E-state index in [2.05, 4.69) is 18.6 Å². The van der Waals surface area contributed by atoms with Gasteiger partial charge < -0.3 is 5.73 Å². The normalized spacial score (nSPS) is 13.7. The zero-order valence-electron chi connectivity index (χ0n) is 11.7. The quantitative estimate of drug-likeness (QED) is 0.760. The summed E-state index contributed by atoms with van der Waals surface area (Å²) in [5.74, 6) is 0.524. The first-order valence-electron chi connectivity index (χ1n) is 6.67. The SMILES string of the molecule is CC(C)CC(CN)NS(=O)(=O)CCc1ccccc1. The van der Waals surface area contributed by atoms with Gasteiger partial charge in [-0.3, -0.25) is 0 Å². The maximum atomic E-state index is 12.0. The molecule has 1 unspecified atom stereocenters. The van der Waals surface area contributed by atoms with Crippen molar-refractivity contribution in [2.45, 2.75) is 32.7 Å². The van der Waals surface area contributed by atoms with Gasteiger partial charge in [0, 0.05) is 12.6 Å². The maximum Gasteiger partial charge on any atom is 0.212 e. The molecule has 0 heterocycles. The second-order valence-corrected chi connectivity index (χ2v) is 7.11. The highest BCUT2D eigenvalue weighted by atomic mass is 32.2. The number of aryl methyl sites for hydroxylation is 1. The van der Waals surface area contributed by atoms with E-state index in [1.807, 2.05) is 30.3 Å². The molecule has 1 aromatic rings. The Bertz CT molecular complexity index is 458. The second-order valence-electron chi connectivity index (χ2n) is 5.23. The van der Waals surface area contributed by atoms with Crippen molar-refractivity contribution in [1.82, 2.24) is 4.72 Å². The lowest BCUT2D eigenvalue weighted by molar-refractivity contribution is 0.465. The van der Waals surface area contributed by atoms with Gasteiger partial charge in [-0.2, -0.15) is 0 Å². The average Bonchev–Trinajstić information content (AvgIpc) is 2.36. The van der Waals surface area contributed by atoms with Gasteiger partial charge in [-0.1, -0.05) is 44.2 Å². The predicted molar refractivity (Wildman–Crippen MR) is 79.4 cm³/mol.